The number of hydrogen-bond acceptors (Lipinski definition) is 6. The fraction of sp³-hybridized carbons (Fsp3) is 0.657. The van der Waals surface area contributed by atoms with Gasteiger partial charge in [-0.25, -0.2) is 0 Å². The van der Waals surface area contributed by atoms with E-state index in [0.29, 0.717) is 19.3 Å². The molecule has 0 aliphatic heterocycles. The molecule has 414 valence electrons. The average molecular weight is 1010 g/mol. The SMILES string of the molecule is CC/C=C\C/C=C\C/C=C\C/C=C\C/C=C\C/C=C\C/C=C\CCCCCCCCCCCC(=O)OCC(COC(=O)CCCCCCC)OC(=O)CCCCCCCC/C=C\C/C=C\C/C=C\CCCCC. The Morgan fingerprint density at radius 2 is 0.534 bits per heavy atom. The summed E-state index contributed by atoms with van der Waals surface area (Å²) in [5, 5.41) is 0. The monoisotopic (exact) mass is 1010 g/mol. The van der Waals surface area contributed by atoms with E-state index in [-0.39, 0.29) is 31.1 Å². The van der Waals surface area contributed by atoms with Crippen LogP contribution in [0.1, 0.15) is 265 Å². The molecule has 0 bridgehead atoms. The standard InChI is InChI=1S/C67H110O6/c1-4-7-10-13-15-17-19-21-23-25-27-28-29-30-31-32-33-34-35-36-37-38-40-41-43-45-47-49-51-54-57-60-66(69)72-63-64(62-71-65(68)59-56-53-12-9-6-3)73-67(70)61-58-55-52-50-48-46-44-42-39-26-24-22-20-18-16-14-11-8-5-2/h7,10,15-18,21-24,27-28,30-31,33-34,36-37,39,42,64H,4-6,8-9,11-14,19-20,25-26,29,32,35,38,40-41,43-63H2,1-3H3/b10-7-,17-15-,18-16-,23-21-,24-22-,28-27-,31-30-,34-33-,37-36-,42-39-. The van der Waals surface area contributed by atoms with Gasteiger partial charge in [0.15, 0.2) is 6.10 Å². The summed E-state index contributed by atoms with van der Waals surface area (Å²) in [6.45, 7) is 6.40. The summed E-state index contributed by atoms with van der Waals surface area (Å²) in [6.07, 6.45) is 83.8. The minimum Gasteiger partial charge on any atom is -0.462 e. The van der Waals surface area contributed by atoms with Crippen LogP contribution in [0.5, 0.6) is 0 Å². The molecule has 0 rings (SSSR count). The van der Waals surface area contributed by atoms with Crippen LogP contribution in [0.15, 0.2) is 122 Å². The Morgan fingerprint density at radius 1 is 0.288 bits per heavy atom. The molecule has 6 nitrogen and oxygen atoms in total. The summed E-state index contributed by atoms with van der Waals surface area (Å²) < 4.78 is 16.7. The van der Waals surface area contributed by atoms with Gasteiger partial charge < -0.3 is 14.2 Å². The average Bonchev–Trinajstić information content (AvgIpc) is 3.39. The number of ether oxygens (including phenoxy) is 3. The van der Waals surface area contributed by atoms with Crippen molar-refractivity contribution < 1.29 is 28.6 Å². The van der Waals surface area contributed by atoms with Crippen molar-refractivity contribution in [1.82, 2.24) is 0 Å². The van der Waals surface area contributed by atoms with Crippen LogP contribution in [0.25, 0.3) is 0 Å². The van der Waals surface area contributed by atoms with E-state index in [1.54, 1.807) is 0 Å². The first-order valence-corrected chi connectivity index (χ1v) is 30.0. The first kappa shape index (κ1) is 68.8. The van der Waals surface area contributed by atoms with Crippen molar-refractivity contribution in [3.63, 3.8) is 0 Å². The lowest BCUT2D eigenvalue weighted by atomic mass is 10.1. The van der Waals surface area contributed by atoms with Gasteiger partial charge in [0.25, 0.3) is 0 Å². The lowest BCUT2D eigenvalue weighted by molar-refractivity contribution is -0.167. The summed E-state index contributed by atoms with van der Waals surface area (Å²) in [4.78, 5) is 37.8. The molecular weight excluding hydrogens is 901 g/mol. The van der Waals surface area contributed by atoms with Gasteiger partial charge in [0.05, 0.1) is 0 Å². The molecule has 0 aromatic heterocycles. The number of hydrogen-bond donors (Lipinski definition) is 0. The van der Waals surface area contributed by atoms with Gasteiger partial charge in [0.1, 0.15) is 13.2 Å². The van der Waals surface area contributed by atoms with Crippen LogP contribution in [0.2, 0.25) is 0 Å². The Balaban J connectivity index is 4.11. The smallest absolute Gasteiger partial charge is 0.306 e. The number of esters is 3. The first-order chi connectivity index (χ1) is 36.0. The maximum Gasteiger partial charge on any atom is 0.306 e. The molecule has 0 radical (unpaired) electrons. The van der Waals surface area contributed by atoms with Crippen LogP contribution in [0, 0.1) is 0 Å². The fourth-order valence-corrected chi connectivity index (χ4v) is 7.96. The molecule has 6 heteroatoms. The van der Waals surface area contributed by atoms with Crippen LogP contribution >= 0.6 is 0 Å². The molecule has 0 aromatic rings. The van der Waals surface area contributed by atoms with Crippen LogP contribution in [0.4, 0.5) is 0 Å². The van der Waals surface area contributed by atoms with Gasteiger partial charge in [-0.1, -0.05) is 251 Å². The fourth-order valence-electron chi connectivity index (χ4n) is 7.96. The second-order valence-electron chi connectivity index (χ2n) is 19.5. The summed E-state index contributed by atoms with van der Waals surface area (Å²) in [6, 6.07) is 0. The zero-order valence-electron chi connectivity index (χ0n) is 47.4. The Kier molecular flexibility index (Phi) is 56.9. The largest absolute Gasteiger partial charge is 0.462 e. The van der Waals surface area contributed by atoms with Crippen molar-refractivity contribution in [3.8, 4) is 0 Å². The van der Waals surface area contributed by atoms with E-state index in [1.165, 1.54) is 83.5 Å². The lowest BCUT2D eigenvalue weighted by Crippen LogP contribution is -2.30. The first-order valence-electron chi connectivity index (χ1n) is 30.0. The van der Waals surface area contributed by atoms with Gasteiger partial charge >= 0.3 is 17.9 Å². The van der Waals surface area contributed by atoms with Crippen molar-refractivity contribution in [2.24, 2.45) is 0 Å². The molecule has 0 aromatic carbocycles. The quantitative estimate of drug-likeness (QED) is 0.0261. The summed E-state index contributed by atoms with van der Waals surface area (Å²) in [5.41, 5.74) is 0. The molecule has 0 aliphatic carbocycles. The molecule has 73 heavy (non-hydrogen) atoms. The highest BCUT2D eigenvalue weighted by atomic mass is 16.6. The lowest BCUT2D eigenvalue weighted by Gasteiger charge is -2.18. The van der Waals surface area contributed by atoms with Crippen molar-refractivity contribution in [1.29, 1.82) is 0 Å². The number of rotatable bonds is 53. The molecule has 1 atom stereocenters. The summed E-state index contributed by atoms with van der Waals surface area (Å²) in [7, 11) is 0. The third kappa shape index (κ3) is 58.6. The van der Waals surface area contributed by atoms with Gasteiger partial charge in [-0.05, 0) is 116 Å². The molecule has 0 aliphatic rings. The van der Waals surface area contributed by atoms with Gasteiger partial charge in [-0.3, -0.25) is 14.4 Å². The Morgan fingerprint density at radius 3 is 0.863 bits per heavy atom. The zero-order chi connectivity index (χ0) is 52.9. The Bertz CT molecular complexity index is 1540. The number of allylic oxidation sites excluding steroid dienone is 20. The highest BCUT2D eigenvalue weighted by Gasteiger charge is 2.19. The second kappa shape index (κ2) is 60.4. The van der Waals surface area contributed by atoms with Crippen LogP contribution < -0.4 is 0 Å². The normalized spacial score (nSPS) is 13.0. The predicted molar refractivity (Wildman–Crippen MR) is 316 cm³/mol. The summed E-state index contributed by atoms with van der Waals surface area (Å²) in [5.74, 6) is -0.921. The third-order valence-corrected chi connectivity index (χ3v) is 12.5. The number of unbranched alkanes of at least 4 members (excludes halogenated alkanes) is 22. The van der Waals surface area contributed by atoms with Gasteiger partial charge in [-0.2, -0.15) is 0 Å². The maximum atomic E-state index is 12.8. The number of carbonyl (C=O) groups excluding carboxylic acids is 3. The zero-order valence-corrected chi connectivity index (χ0v) is 47.4. The predicted octanol–water partition coefficient (Wildman–Crippen LogP) is 20.4. The van der Waals surface area contributed by atoms with Crippen molar-refractivity contribution in [2.45, 2.75) is 271 Å². The van der Waals surface area contributed by atoms with E-state index in [4.69, 9.17) is 14.2 Å². The molecule has 1 unspecified atom stereocenters. The molecule has 0 saturated carbocycles. The van der Waals surface area contributed by atoms with Crippen molar-refractivity contribution >= 4 is 17.9 Å². The molecular formula is C67H110O6. The van der Waals surface area contributed by atoms with Gasteiger partial charge in [-0.15, -0.1) is 0 Å². The van der Waals surface area contributed by atoms with Crippen molar-refractivity contribution in [3.05, 3.63) is 122 Å². The van der Waals surface area contributed by atoms with Crippen molar-refractivity contribution in [2.75, 3.05) is 13.2 Å². The van der Waals surface area contributed by atoms with E-state index in [1.807, 2.05) is 0 Å². The minimum absolute atomic E-state index is 0.0874. The Labute approximate surface area is 450 Å². The highest BCUT2D eigenvalue weighted by molar-refractivity contribution is 5.71. The van der Waals surface area contributed by atoms with E-state index in [2.05, 4.69) is 142 Å². The van der Waals surface area contributed by atoms with Crippen LogP contribution in [0.3, 0.4) is 0 Å². The van der Waals surface area contributed by atoms with Crippen LogP contribution in [-0.4, -0.2) is 37.2 Å². The van der Waals surface area contributed by atoms with E-state index in [0.717, 1.165) is 141 Å². The molecule has 0 heterocycles. The second-order valence-corrected chi connectivity index (χ2v) is 19.5. The number of carbonyl (C=O) groups is 3. The maximum absolute atomic E-state index is 12.8. The molecule has 0 amide bonds. The van der Waals surface area contributed by atoms with E-state index in [9.17, 15) is 14.4 Å². The van der Waals surface area contributed by atoms with Gasteiger partial charge in [0, 0.05) is 19.3 Å². The van der Waals surface area contributed by atoms with Gasteiger partial charge in [0.2, 0.25) is 0 Å². The topological polar surface area (TPSA) is 78.9 Å². The molecule has 0 fully saturated rings. The third-order valence-electron chi connectivity index (χ3n) is 12.5. The molecule has 0 saturated heterocycles. The minimum atomic E-state index is -0.787. The highest BCUT2D eigenvalue weighted by Crippen LogP contribution is 2.14. The summed E-state index contributed by atoms with van der Waals surface area (Å²) >= 11 is 0. The van der Waals surface area contributed by atoms with E-state index >= 15 is 0 Å². The van der Waals surface area contributed by atoms with E-state index < -0.39 is 6.10 Å². The molecule has 0 spiro atoms. The van der Waals surface area contributed by atoms with Crippen LogP contribution in [-0.2, 0) is 28.6 Å². The Hall–Kier alpha value is -4.19. The molecule has 0 N–H and O–H groups in total.